The van der Waals surface area contributed by atoms with Gasteiger partial charge in [-0.3, -0.25) is 4.90 Å². The zero-order chi connectivity index (χ0) is 10.6. The number of ether oxygens (including phenoxy) is 1. The summed E-state index contributed by atoms with van der Waals surface area (Å²) in [7, 11) is 0. The van der Waals surface area contributed by atoms with E-state index in [1.165, 1.54) is 0 Å². The lowest BCUT2D eigenvalue weighted by molar-refractivity contribution is 0.143. The van der Waals surface area contributed by atoms with Gasteiger partial charge in [-0.1, -0.05) is 26.7 Å². The fourth-order valence-electron chi connectivity index (χ4n) is 1.25. The lowest BCUT2D eigenvalue weighted by Gasteiger charge is -2.14. The standard InChI is InChI=1S/C10H17NO.C2H6/c1-2-3-4-6-11-7-5-9-12-10-8-11;1-2/h2,5-10H2,1H3;1-2H3. The van der Waals surface area contributed by atoms with Crippen molar-refractivity contribution >= 4 is 0 Å². The van der Waals surface area contributed by atoms with Gasteiger partial charge in [0.15, 0.2) is 0 Å². The first-order valence-corrected chi connectivity index (χ1v) is 5.69. The molecule has 1 fully saturated rings. The Morgan fingerprint density at radius 1 is 1.14 bits per heavy atom. The Hall–Kier alpha value is -0.520. The molecule has 1 rings (SSSR count). The number of hydrogen-bond acceptors (Lipinski definition) is 2. The topological polar surface area (TPSA) is 12.5 Å². The second-order valence-corrected chi connectivity index (χ2v) is 2.95. The van der Waals surface area contributed by atoms with Gasteiger partial charge in [-0.15, -0.1) is 5.92 Å². The van der Waals surface area contributed by atoms with Crippen LogP contribution in [0.1, 0.15) is 33.6 Å². The molecule has 1 aliphatic rings. The molecule has 0 atom stereocenters. The van der Waals surface area contributed by atoms with Gasteiger partial charge in [-0.2, -0.15) is 0 Å². The highest BCUT2D eigenvalue weighted by Gasteiger charge is 2.06. The summed E-state index contributed by atoms with van der Waals surface area (Å²) in [5, 5.41) is 0. The van der Waals surface area contributed by atoms with Crippen LogP contribution in [0.5, 0.6) is 0 Å². The molecule has 0 radical (unpaired) electrons. The van der Waals surface area contributed by atoms with Crippen molar-refractivity contribution in [2.45, 2.75) is 33.6 Å². The Labute approximate surface area is 88.6 Å². The van der Waals surface area contributed by atoms with Crippen molar-refractivity contribution in [1.82, 2.24) is 4.90 Å². The number of hydrogen-bond donors (Lipinski definition) is 0. The summed E-state index contributed by atoms with van der Waals surface area (Å²) in [6, 6.07) is 0. The first kappa shape index (κ1) is 13.5. The predicted octanol–water partition coefficient (Wildman–Crippen LogP) is 2.15. The van der Waals surface area contributed by atoms with Gasteiger partial charge in [0.05, 0.1) is 13.2 Å². The summed E-state index contributed by atoms with van der Waals surface area (Å²) in [5.74, 6) is 6.24. The van der Waals surface area contributed by atoms with Crippen molar-refractivity contribution < 1.29 is 4.74 Å². The van der Waals surface area contributed by atoms with Gasteiger partial charge in [0.25, 0.3) is 0 Å². The number of rotatable bonds is 1. The fraction of sp³-hybridized carbons (Fsp3) is 0.833. The first-order valence-electron chi connectivity index (χ1n) is 5.69. The van der Waals surface area contributed by atoms with Crippen LogP contribution in [0.2, 0.25) is 0 Å². The maximum atomic E-state index is 5.34. The van der Waals surface area contributed by atoms with E-state index in [0.29, 0.717) is 0 Å². The molecule has 1 saturated heterocycles. The molecule has 1 heterocycles. The van der Waals surface area contributed by atoms with E-state index >= 15 is 0 Å². The number of nitrogens with zero attached hydrogens (tertiary/aromatic N) is 1. The van der Waals surface area contributed by atoms with Crippen LogP contribution in [-0.4, -0.2) is 37.7 Å². The summed E-state index contributed by atoms with van der Waals surface area (Å²) in [6.45, 7) is 11.0. The lowest BCUT2D eigenvalue weighted by Crippen LogP contribution is -2.26. The zero-order valence-electron chi connectivity index (χ0n) is 9.81. The largest absolute Gasteiger partial charge is 0.380 e. The highest BCUT2D eigenvalue weighted by Crippen LogP contribution is 1.97. The van der Waals surface area contributed by atoms with Gasteiger partial charge >= 0.3 is 0 Å². The van der Waals surface area contributed by atoms with Gasteiger partial charge in [0.1, 0.15) is 0 Å². The summed E-state index contributed by atoms with van der Waals surface area (Å²) >= 11 is 0. The quantitative estimate of drug-likeness (QED) is 0.597. The smallest absolute Gasteiger partial charge is 0.0602 e. The molecule has 0 bridgehead atoms. The average molecular weight is 197 g/mol. The molecule has 0 aromatic heterocycles. The summed E-state index contributed by atoms with van der Waals surface area (Å²) < 4.78 is 5.34. The normalized spacial score (nSPS) is 17.1. The van der Waals surface area contributed by atoms with E-state index in [4.69, 9.17) is 4.74 Å². The molecule has 0 aromatic rings. The molecule has 0 aromatic carbocycles. The van der Waals surface area contributed by atoms with Crippen LogP contribution in [0.3, 0.4) is 0 Å². The van der Waals surface area contributed by atoms with Gasteiger partial charge in [-0.05, 0) is 6.42 Å². The molecular weight excluding hydrogens is 174 g/mol. The molecule has 0 N–H and O–H groups in total. The Bertz CT molecular complexity index is 161. The van der Waals surface area contributed by atoms with E-state index in [-0.39, 0.29) is 0 Å². The van der Waals surface area contributed by atoms with Crippen molar-refractivity contribution in [2.24, 2.45) is 0 Å². The third-order valence-electron chi connectivity index (χ3n) is 1.92. The highest BCUT2D eigenvalue weighted by atomic mass is 16.5. The average Bonchev–Trinajstić information content (AvgIpc) is 2.50. The minimum atomic E-state index is 0.869. The zero-order valence-corrected chi connectivity index (χ0v) is 9.81. The molecule has 2 heteroatoms. The van der Waals surface area contributed by atoms with Crippen LogP contribution in [0.4, 0.5) is 0 Å². The molecule has 2 nitrogen and oxygen atoms in total. The second kappa shape index (κ2) is 10.6. The van der Waals surface area contributed by atoms with Crippen LogP contribution in [0.25, 0.3) is 0 Å². The highest BCUT2D eigenvalue weighted by molar-refractivity contribution is 5.00. The van der Waals surface area contributed by atoms with E-state index in [1.54, 1.807) is 0 Å². The SMILES string of the molecule is CC.CCC#CCN1CCCOCC1. The monoisotopic (exact) mass is 197 g/mol. The fourth-order valence-corrected chi connectivity index (χ4v) is 1.25. The molecule has 82 valence electrons. The van der Waals surface area contributed by atoms with Gasteiger partial charge in [-0.25, -0.2) is 0 Å². The molecule has 0 unspecified atom stereocenters. The summed E-state index contributed by atoms with van der Waals surface area (Å²) in [6.07, 6.45) is 2.11. The third-order valence-corrected chi connectivity index (χ3v) is 1.92. The Morgan fingerprint density at radius 3 is 2.64 bits per heavy atom. The molecule has 0 spiro atoms. The third kappa shape index (κ3) is 6.94. The van der Waals surface area contributed by atoms with E-state index in [0.717, 1.165) is 45.7 Å². The predicted molar refractivity (Wildman–Crippen MR) is 61.3 cm³/mol. The Morgan fingerprint density at radius 2 is 1.93 bits per heavy atom. The molecule has 0 saturated carbocycles. The van der Waals surface area contributed by atoms with Crippen LogP contribution in [0.15, 0.2) is 0 Å². The van der Waals surface area contributed by atoms with Crippen LogP contribution in [0, 0.1) is 11.8 Å². The summed E-state index contributed by atoms with van der Waals surface area (Å²) in [5.41, 5.74) is 0. The molecule has 1 aliphatic heterocycles. The second-order valence-electron chi connectivity index (χ2n) is 2.95. The van der Waals surface area contributed by atoms with Crippen molar-refractivity contribution in [3.05, 3.63) is 0 Å². The van der Waals surface area contributed by atoms with Gasteiger partial charge in [0.2, 0.25) is 0 Å². The minimum Gasteiger partial charge on any atom is -0.380 e. The minimum absolute atomic E-state index is 0.869. The van der Waals surface area contributed by atoms with E-state index < -0.39 is 0 Å². The van der Waals surface area contributed by atoms with Crippen LogP contribution < -0.4 is 0 Å². The molecule has 0 aliphatic carbocycles. The van der Waals surface area contributed by atoms with Crippen LogP contribution >= 0.6 is 0 Å². The lowest BCUT2D eigenvalue weighted by atomic mass is 10.4. The van der Waals surface area contributed by atoms with Crippen molar-refractivity contribution in [1.29, 1.82) is 0 Å². The van der Waals surface area contributed by atoms with Crippen LogP contribution in [-0.2, 0) is 4.74 Å². The Kier molecular flexibility index (Phi) is 10.2. The van der Waals surface area contributed by atoms with E-state index in [2.05, 4.69) is 23.7 Å². The van der Waals surface area contributed by atoms with Gasteiger partial charge in [0, 0.05) is 26.1 Å². The Balaban J connectivity index is 0.000000791. The molecule has 0 amide bonds. The molecular formula is C12H23NO. The maximum absolute atomic E-state index is 5.34. The maximum Gasteiger partial charge on any atom is 0.0602 e. The van der Waals surface area contributed by atoms with E-state index in [1.807, 2.05) is 13.8 Å². The van der Waals surface area contributed by atoms with Crippen molar-refractivity contribution in [2.75, 3.05) is 32.8 Å². The molecule has 14 heavy (non-hydrogen) atoms. The van der Waals surface area contributed by atoms with Gasteiger partial charge < -0.3 is 4.74 Å². The summed E-state index contributed by atoms with van der Waals surface area (Å²) in [4.78, 5) is 2.36. The van der Waals surface area contributed by atoms with Crippen molar-refractivity contribution in [3.63, 3.8) is 0 Å². The van der Waals surface area contributed by atoms with E-state index in [9.17, 15) is 0 Å². The van der Waals surface area contributed by atoms with Crippen molar-refractivity contribution in [3.8, 4) is 11.8 Å². The first-order chi connectivity index (χ1) is 6.93.